The van der Waals surface area contributed by atoms with E-state index in [0.717, 1.165) is 24.7 Å². The van der Waals surface area contributed by atoms with Gasteiger partial charge in [0.05, 0.1) is 6.54 Å². The van der Waals surface area contributed by atoms with Crippen molar-refractivity contribution in [3.05, 3.63) is 18.2 Å². The van der Waals surface area contributed by atoms with Crippen molar-refractivity contribution < 1.29 is 0 Å². The third kappa shape index (κ3) is 5.03. The summed E-state index contributed by atoms with van der Waals surface area (Å²) in [4.78, 5) is 6.66. The van der Waals surface area contributed by atoms with E-state index in [2.05, 4.69) is 34.1 Å². The standard InChI is InChI=1S/C12H23N3S/c1-14(8-5-3-4-6-10-16)11-12-13-7-9-15(12)2/h7,9,16H,3-6,8,10-11H2,1-2H3. The fourth-order valence-electron chi connectivity index (χ4n) is 1.72. The SMILES string of the molecule is CN(CCCCCCS)Cc1nccn1C. The summed E-state index contributed by atoms with van der Waals surface area (Å²) in [7, 11) is 4.20. The van der Waals surface area contributed by atoms with E-state index in [1.54, 1.807) is 0 Å². The fourth-order valence-corrected chi connectivity index (χ4v) is 1.94. The van der Waals surface area contributed by atoms with Gasteiger partial charge >= 0.3 is 0 Å². The Kier molecular flexibility index (Phi) is 6.57. The highest BCUT2D eigenvalue weighted by molar-refractivity contribution is 7.80. The van der Waals surface area contributed by atoms with Crippen LogP contribution in [-0.4, -0.2) is 33.8 Å². The van der Waals surface area contributed by atoms with Crippen molar-refractivity contribution >= 4 is 12.6 Å². The predicted octanol–water partition coefficient (Wildman–Crippen LogP) is 2.34. The van der Waals surface area contributed by atoms with Gasteiger partial charge in [-0.05, 0) is 32.2 Å². The molecule has 0 N–H and O–H groups in total. The Morgan fingerprint density at radius 2 is 2.06 bits per heavy atom. The number of imidazole rings is 1. The average molecular weight is 241 g/mol. The van der Waals surface area contributed by atoms with Crippen LogP contribution in [0.25, 0.3) is 0 Å². The van der Waals surface area contributed by atoms with Gasteiger partial charge in [0.1, 0.15) is 5.82 Å². The molecule has 0 atom stereocenters. The van der Waals surface area contributed by atoms with Gasteiger partial charge in [-0.1, -0.05) is 12.8 Å². The predicted molar refractivity (Wildman–Crippen MR) is 71.9 cm³/mol. The Balaban J connectivity index is 2.11. The highest BCUT2D eigenvalue weighted by Gasteiger charge is 2.03. The number of hydrogen-bond donors (Lipinski definition) is 1. The van der Waals surface area contributed by atoms with Crippen LogP contribution in [0.15, 0.2) is 12.4 Å². The normalized spacial score (nSPS) is 11.2. The van der Waals surface area contributed by atoms with E-state index in [0.29, 0.717) is 0 Å². The molecule has 0 aliphatic carbocycles. The van der Waals surface area contributed by atoms with Crippen molar-refractivity contribution in [2.75, 3.05) is 19.3 Å². The monoisotopic (exact) mass is 241 g/mol. The van der Waals surface area contributed by atoms with Crippen molar-refractivity contribution in [1.29, 1.82) is 0 Å². The van der Waals surface area contributed by atoms with Crippen molar-refractivity contribution in [3.63, 3.8) is 0 Å². The molecule has 0 amide bonds. The van der Waals surface area contributed by atoms with Gasteiger partial charge in [0.2, 0.25) is 0 Å². The van der Waals surface area contributed by atoms with Gasteiger partial charge in [0, 0.05) is 19.4 Å². The first kappa shape index (κ1) is 13.6. The number of nitrogens with zero attached hydrogens (tertiary/aromatic N) is 3. The molecule has 0 aliphatic rings. The van der Waals surface area contributed by atoms with Gasteiger partial charge in [-0.2, -0.15) is 12.6 Å². The minimum atomic E-state index is 0.941. The number of aryl methyl sites for hydroxylation is 1. The third-order valence-corrected chi connectivity index (χ3v) is 3.10. The highest BCUT2D eigenvalue weighted by atomic mass is 32.1. The van der Waals surface area contributed by atoms with Gasteiger partial charge in [-0.15, -0.1) is 0 Å². The lowest BCUT2D eigenvalue weighted by atomic mass is 10.2. The zero-order chi connectivity index (χ0) is 11.8. The smallest absolute Gasteiger partial charge is 0.122 e. The first-order chi connectivity index (χ1) is 7.74. The Morgan fingerprint density at radius 3 is 2.69 bits per heavy atom. The molecular weight excluding hydrogens is 218 g/mol. The van der Waals surface area contributed by atoms with Crippen molar-refractivity contribution in [3.8, 4) is 0 Å². The van der Waals surface area contributed by atoms with E-state index in [1.165, 1.54) is 25.7 Å². The van der Waals surface area contributed by atoms with Gasteiger partial charge in [0.15, 0.2) is 0 Å². The summed E-state index contributed by atoms with van der Waals surface area (Å²) in [5.41, 5.74) is 0. The van der Waals surface area contributed by atoms with Crippen LogP contribution in [0.2, 0.25) is 0 Å². The molecule has 3 nitrogen and oxygen atoms in total. The lowest BCUT2D eigenvalue weighted by molar-refractivity contribution is 0.306. The molecule has 1 rings (SSSR count). The lowest BCUT2D eigenvalue weighted by Crippen LogP contribution is -2.21. The second kappa shape index (κ2) is 7.74. The number of rotatable bonds is 8. The first-order valence-corrected chi connectivity index (χ1v) is 6.63. The molecule has 1 aromatic heterocycles. The van der Waals surface area contributed by atoms with E-state index >= 15 is 0 Å². The van der Waals surface area contributed by atoms with Gasteiger partial charge in [-0.3, -0.25) is 4.90 Å². The van der Waals surface area contributed by atoms with Crippen molar-refractivity contribution in [1.82, 2.24) is 14.5 Å². The molecule has 0 fully saturated rings. The molecule has 16 heavy (non-hydrogen) atoms. The van der Waals surface area contributed by atoms with E-state index in [9.17, 15) is 0 Å². The van der Waals surface area contributed by atoms with Crippen LogP contribution < -0.4 is 0 Å². The molecule has 0 bridgehead atoms. The first-order valence-electron chi connectivity index (χ1n) is 5.99. The van der Waals surface area contributed by atoms with E-state index in [1.807, 2.05) is 19.4 Å². The second-order valence-corrected chi connectivity index (χ2v) is 4.78. The number of hydrogen-bond acceptors (Lipinski definition) is 3. The van der Waals surface area contributed by atoms with Crippen LogP contribution in [0.1, 0.15) is 31.5 Å². The Morgan fingerprint density at radius 1 is 1.31 bits per heavy atom. The zero-order valence-corrected chi connectivity index (χ0v) is 11.3. The molecule has 0 aliphatic heterocycles. The maximum Gasteiger partial charge on any atom is 0.122 e. The molecule has 0 saturated heterocycles. The molecule has 92 valence electrons. The van der Waals surface area contributed by atoms with E-state index < -0.39 is 0 Å². The number of unbranched alkanes of at least 4 members (excludes halogenated alkanes) is 3. The minimum Gasteiger partial charge on any atom is -0.337 e. The molecule has 1 heterocycles. The summed E-state index contributed by atoms with van der Waals surface area (Å²) >= 11 is 4.21. The molecular formula is C12H23N3S. The molecule has 0 spiro atoms. The molecule has 0 radical (unpaired) electrons. The zero-order valence-electron chi connectivity index (χ0n) is 10.4. The van der Waals surface area contributed by atoms with Crippen LogP contribution in [0.4, 0.5) is 0 Å². The lowest BCUT2D eigenvalue weighted by Gasteiger charge is -2.15. The summed E-state index contributed by atoms with van der Waals surface area (Å²) in [6, 6.07) is 0. The summed E-state index contributed by atoms with van der Waals surface area (Å²) in [5.74, 6) is 2.15. The maximum absolute atomic E-state index is 4.32. The summed E-state index contributed by atoms with van der Waals surface area (Å²) in [5, 5.41) is 0. The Hall–Kier alpha value is -0.480. The molecule has 1 aromatic rings. The number of aromatic nitrogens is 2. The topological polar surface area (TPSA) is 21.1 Å². The molecule has 0 unspecified atom stereocenters. The summed E-state index contributed by atoms with van der Waals surface area (Å²) in [6.07, 6.45) is 8.98. The number of thiol groups is 1. The van der Waals surface area contributed by atoms with Crippen molar-refractivity contribution in [2.24, 2.45) is 7.05 Å². The Labute approximate surface area is 104 Å². The van der Waals surface area contributed by atoms with Gasteiger partial charge in [0.25, 0.3) is 0 Å². The minimum absolute atomic E-state index is 0.941. The summed E-state index contributed by atoms with van der Waals surface area (Å²) < 4.78 is 2.08. The van der Waals surface area contributed by atoms with Crippen LogP contribution >= 0.6 is 12.6 Å². The van der Waals surface area contributed by atoms with Gasteiger partial charge < -0.3 is 4.57 Å². The van der Waals surface area contributed by atoms with Crippen molar-refractivity contribution in [2.45, 2.75) is 32.2 Å². The largest absolute Gasteiger partial charge is 0.337 e. The van der Waals surface area contributed by atoms with Crippen LogP contribution in [0.5, 0.6) is 0 Å². The second-order valence-electron chi connectivity index (χ2n) is 4.33. The van der Waals surface area contributed by atoms with E-state index in [4.69, 9.17) is 0 Å². The average Bonchev–Trinajstić information content (AvgIpc) is 2.64. The molecule has 4 heteroatoms. The van der Waals surface area contributed by atoms with Gasteiger partial charge in [-0.25, -0.2) is 4.98 Å². The molecule has 0 saturated carbocycles. The quantitative estimate of drug-likeness (QED) is 0.557. The highest BCUT2D eigenvalue weighted by Crippen LogP contribution is 2.04. The van der Waals surface area contributed by atoms with E-state index in [-0.39, 0.29) is 0 Å². The Bertz CT molecular complexity index is 286. The fraction of sp³-hybridized carbons (Fsp3) is 0.750. The van der Waals surface area contributed by atoms with Crippen LogP contribution in [-0.2, 0) is 13.6 Å². The third-order valence-electron chi connectivity index (χ3n) is 2.78. The summed E-state index contributed by atoms with van der Waals surface area (Å²) in [6.45, 7) is 2.09. The van der Waals surface area contributed by atoms with Crippen LogP contribution in [0.3, 0.4) is 0 Å². The molecule has 0 aromatic carbocycles. The maximum atomic E-state index is 4.32. The van der Waals surface area contributed by atoms with Crippen LogP contribution in [0, 0.1) is 0 Å².